The first kappa shape index (κ1) is 16.2. The summed E-state index contributed by atoms with van der Waals surface area (Å²) in [5, 5.41) is 4.58. The quantitative estimate of drug-likeness (QED) is 0.899. The van der Waals surface area contributed by atoms with E-state index in [4.69, 9.17) is 16.7 Å². The van der Waals surface area contributed by atoms with Gasteiger partial charge in [0.1, 0.15) is 0 Å². The largest absolute Gasteiger partial charge is 0.333 e. The zero-order valence-corrected chi connectivity index (χ0v) is 13.2. The van der Waals surface area contributed by atoms with Crippen LogP contribution in [0.1, 0.15) is 37.0 Å². The second-order valence-corrected chi connectivity index (χ2v) is 7.27. The predicted molar refractivity (Wildman–Crippen MR) is 77.1 cm³/mol. The summed E-state index contributed by atoms with van der Waals surface area (Å²) in [6, 6.07) is 1.77. The summed E-state index contributed by atoms with van der Waals surface area (Å²) in [5.41, 5.74) is -0.368. The first-order chi connectivity index (χ1) is 9.62. The van der Waals surface area contributed by atoms with Gasteiger partial charge in [0.05, 0.1) is 15.5 Å². The molecular weight excluding hydrogens is 319 g/mol. The molecule has 2 rings (SSSR count). The van der Waals surface area contributed by atoms with Crippen molar-refractivity contribution in [2.45, 2.75) is 43.7 Å². The first-order valence-corrected chi connectivity index (χ1v) is 8.40. The lowest BCUT2D eigenvalue weighted by Gasteiger charge is -2.26. The van der Waals surface area contributed by atoms with Crippen molar-refractivity contribution < 1.29 is 17.6 Å². The van der Waals surface area contributed by atoms with Crippen molar-refractivity contribution >= 4 is 27.5 Å². The average molecular weight is 335 g/mol. The standard InChI is InChI=1S/C13H16ClFN2O3S/c1-7-3-4-8(2)17(7)13(18)10-5-9(21(16,19)20)6-11(14)12(10)15/h5-8H,3-4H2,1-2H3,(H2,16,19,20)/t7-,8+. The van der Waals surface area contributed by atoms with Gasteiger partial charge in [0.25, 0.3) is 5.91 Å². The maximum absolute atomic E-state index is 14.1. The van der Waals surface area contributed by atoms with Gasteiger partial charge in [0.2, 0.25) is 10.0 Å². The number of nitrogens with two attached hydrogens (primary N) is 1. The Hall–Kier alpha value is -1.18. The molecule has 8 heteroatoms. The third-order valence-electron chi connectivity index (χ3n) is 3.75. The first-order valence-electron chi connectivity index (χ1n) is 6.47. The number of primary sulfonamides is 1. The van der Waals surface area contributed by atoms with Crippen LogP contribution in [0.15, 0.2) is 17.0 Å². The van der Waals surface area contributed by atoms with Crippen LogP contribution in [0.2, 0.25) is 5.02 Å². The lowest BCUT2D eigenvalue weighted by molar-refractivity contribution is 0.0687. The molecule has 116 valence electrons. The normalized spacial score (nSPS) is 22.6. The van der Waals surface area contributed by atoms with Gasteiger partial charge in [-0.05, 0) is 38.8 Å². The molecule has 1 aromatic rings. The highest BCUT2D eigenvalue weighted by atomic mass is 35.5. The molecule has 21 heavy (non-hydrogen) atoms. The van der Waals surface area contributed by atoms with Gasteiger partial charge in [0.15, 0.2) is 5.82 Å². The van der Waals surface area contributed by atoms with Crippen molar-refractivity contribution in [3.05, 3.63) is 28.5 Å². The van der Waals surface area contributed by atoms with Gasteiger partial charge in [0, 0.05) is 12.1 Å². The molecule has 0 unspecified atom stereocenters. The van der Waals surface area contributed by atoms with Gasteiger partial charge in [-0.1, -0.05) is 11.6 Å². The van der Waals surface area contributed by atoms with E-state index >= 15 is 0 Å². The van der Waals surface area contributed by atoms with Crippen molar-refractivity contribution in [1.29, 1.82) is 0 Å². The third-order valence-corrected chi connectivity index (χ3v) is 4.91. The highest BCUT2D eigenvalue weighted by Gasteiger charge is 2.34. The molecular formula is C13H16ClFN2O3S. The van der Waals surface area contributed by atoms with E-state index in [1.807, 2.05) is 13.8 Å². The van der Waals surface area contributed by atoms with E-state index in [1.54, 1.807) is 4.90 Å². The van der Waals surface area contributed by atoms with Gasteiger partial charge in [-0.15, -0.1) is 0 Å². The van der Waals surface area contributed by atoms with Gasteiger partial charge in [-0.25, -0.2) is 17.9 Å². The number of likely N-dealkylation sites (tertiary alicyclic amines) is 1. The second kappa shape index (κ2) is 5.55. The molecule has 1 heterocycles. The van der Waals surface area contributed by atoms with Crippen molar-refractivity contribution in [2.24, 2.45) is 5.14 Å². The van der Waals surface area contributed by atoms with Crippen LogP contribution in [0.5, 0.6) is 0 Å². The number of hydrogen-bond donors (Lipinski definition) is 1. The molecule has 2 N–H and O–H groups in total. The van der Waals surface area contributed by atoms with Crippen molar-refractivity contribution in [3.8, 4) is 0 Å². The van der Waals surface area contributed by atoms with Crippen LogP contribution in [0.3, 0.4) is 0 Å². The van der Waals surface area contributed by atoms with Crippen molar-refractivity contribution in [3.63, 3.8) is 0 Å². The maximum Gasteiger partial charge on any atom is 0.257 e. The van der Waals surface area contributed by atoms with E-state index < -0.39 is 26.8 Å². The van der Waals surface area contributed by atoms with Crippen LogP contribution >= 0.6 is 11.6 Å². The zero-order chi connectivity index (χ0) is 15.9. The summed E-state index contributed by atoms with van der Waals surface area (Å²) in [7, 11) is -4.07. The molecule has 1 aliphatic heterocycles. The van der Waals surface area contributed by atoms with Gasteiger partial charge < -0.3 is 4.90 Å². The molecule has 1 fully saturated rings. The fourth-order valence-electron chi connectivity index (χ4n) is 2.62. The monoisotopic (exact) mass is 334 g/mol. The molecule has 0 spiro atoms. The smallest absolute Gasteiger partial charge is 0.257 e. The van der Waals surface area contributed by atoms with E-state index in [-0.39, 0.29) is 22.5 Å². The van der Waals surface area contributed by atoms with Crippen LogP contribution in [-0.4, -0.2) is 31.3 Å². The molecule has 1 saturated heterocycles. The molecule has 0 aliphatic carbocycles. The summed E-state index contributed by atoms with van der Waals surface area (Å²) in [4.78, 5) is 13.7. The Kier molecular flexibility index (Phi) is 4.28. The van der Waals surface area contributed by atoms with E-state index in [0.29, 0.717) is 0 Å². The van der Waals surface area contributed by atoms with Crippen molar-refractivity contribution in [1.82, 2.24) is 4.90 Å². The lowest BCUT2D eigenvalue weighted by Crippen LogP contribution is -2.39. The van der Waals surface area contributed by atoms with Crippen molar-refractivity contribution in [2.75, 3.05) is 0 Å². The van der Waals surface area contributed by atoms with E-state index in [9.17, 15) is 17.6 Å². The Morgan fingerprint density at radius 3 is 2.33 bits per heavy atom. The van der Waals surface area contributed by atoms with E-state index in [2.05, 4.69) is 0 Å². The van der Waals surface area contributed by atoms with Gasteiger partial charge in [-0.2, -0.15) is 0 Å². The summed E-state index contributed by atoms with van der Waals surface area (Å²) in [6.45, 7) is 3.73. The number of carbonyl (C=O) groups is 1. The maximum atomic E-state index is 14.1. The highest BCUT2D eigenvalue weighted by molar-refractivity contribution is 7.89. The summed E-state index contributed by atoms with van der Waals surface area (Å²) in [6.07, 6.45) is 1.63. The Bertz CT molecular complexity index is 683. The summed E-state index contributed by atoms with van der Waals surface area (Å²) in [5.74, 6) is -1.50. The molecule has 0 saturated carbocycles. The number of nitrogens with zero attached hydrogens (tertiary/aromatic N) is 1. The number of benzene rings is 1. The van der Waals surface area contributed by atoms with Crippen LogP contribution in [0.25, 0.3) is 0 Å². The minimum atomic E-state index is -4.07. The molecule has 2 atom stereocenters. The van der Waals surface area contributed by atoms with E-state index in [0.717, 1.165) is 25.0 Å². The number of sulfonamides is 1. The van der Waals surface area contributed by atoms with Crippen LogP contribution < -0.4 is 5.14 Å². The molecule has 0 bridgehead atoms. The van der Waals surface area contributed by atoms with Gasteiger partial charge >= 0.3 is 0 Å². The molecule has 1 aromatic carbocycles. The number of carbonyl (C=O) groups excluding carboxylic acids is 1. The molecule has 5 nitrogen and oxygen atoms in total. The van der Waals surface area contributed by atoms with Crippen LogP contribution in [0, 0.1) is 5.82 Å². The predicted octanol–water partition coefficient (Wildman–Crippen LogP) is 2.14. The Labute approximate surface area is 127 Å². The third kappa shape index (κ3) is 3.04. The molecule has 1 aliphatic rings. The zero-order valence-electron chi connectivity index (χ0n) is 11.6. The number of hydrogen-bond acceptors (Lipinski definition) is 3. The fourth-order valence-corrected chi connectivity index (χ4v) is 3.47. The minimum absolute atomic E-state index is 0.0381. The highest BCUT2D eigenvalue weighted by Crippen LogP contribution is 2.29. The minimum Gasteiger partial charge on any atom is -0.333 e. The van der Waals surface area contributed by atoms with Crippen LogP contribution in [-0.2, 0) is 10.0 Å². The Morgan fingerprint density at radius 1 is 1.33 bits per heavy atom. The molecule has 0 radical (unpaired) electrons. The lowest BCUT2D eigenvalue weighted by atomic mass is 10.1. The number of halogens is 2. The fraction of sp³-hybridized carbons (Fsp3) is 0.462. The van der Waals surface area contributed by atoms with Crippen LogP contribution in [0.4, 0.5) is 4.39 Å². The molecule has 0 aromatic heterocycles. The van der Waals surface area contributed by atoms with Gasteiger partial charge in [-0.3, -0.25) is 4.79 Å². The Balaban J connectivity index is 2.53. The SMILES string of the molecule is C[C@@H]1CC[C@H](C)N1C(=O)c1cc(S(N)(=O)=O)cc(Cl)c1F. The summed E-state index contributed by atoms with van der Waals surface area (Å²) >= 11 is 5.68. The average Bonchev–Trinajstić information content (AvgIpc) is 2.70. The Morgan fingerprint density at radius 2 is 1.86 bits per heavy atom. The summed E-state index contributed by atoms with van der Waals surface area (Å²) < 4.78 is 36.9. The number of amides is 1. The molecule has 1 amide bonds. The topological polar surface area (TPSA) is 80.5 Å². The van der Waals surface area contributed by atoms with E-state index in [1.165, 1.54) is 0 Å². The second-order valence-electron chi connectivity index (χ2n) is 5.30. The number of rotatable bonds is 2.